The first-order valence-electron chi connectivity index (χ1n) is 8.53. The van der Waals surface area contributed by atoms with Crippen molar-refractivity contribution in [2.24, 2.45) is 0 Å². The molecule has 0 fully saturated rings. The van der Waals surface area contributed by atoms with E-state index in [9.17, 15) is 14.7 Å². The molecule has 1 aromatic heterocycles. The number of carbonyl (C=O) groups excluding carboxylic acids is 1. The van der Waals surface area contributed by atoms with Crippen LogP contribution in [0, 0.1) is 0 Å². The molecule has 0 saturated carbocycles. The fraction of sp³-hybridized carbons (Fsp3) is 0.143. The molecule has 5 nitrogen and oxygen atoms in total. The van der Waals surface area contributed by atoms with Gasteiger partial charge in [0.1, 0.15) is 6.61 Å². The average Bonchev–Trinajstić information content (AvgIpc) is 3.31. The Labute approximate surface area is 160 Å². The number of fused-ring (bicyclic) bond motifs is 3. The van der Waals surface area contributed by atoms with Gasteiger partial charge in [-0.15, -0.1) is 11.3 Å². The highest BCUT2D eigenvalue weighted by Crippen LogP contribution is 2.44. The molecular weight excluding hydrogens is 362 g/mol. The van der Waals surface area contributed by atoms with Gasteiger partial charge in [-0.05, 0) is 33.7 Å². The Morgan fingerprint density at radius 3 is 2.19 bits per heavy atom. The van der Waals surface area contributed by atoms with Gasteiger partial charge in [-0.2, -0.15) is 0 Å². The zero-order valence-corrected chi connectivity index (χ0v) is 15.1. The minimum absolute atomic E-state index is 0.0619. The highest BCUT2D eigenvalue weighted by Gasteiger charge is 2.30. The maximum absolute atomic E-state index is 12.2. The summed E-state index contributed by atoms with van der Waals surface area (Å²) in [5.41, 5.74) is 4.51. The third kappa shape index (κ3) is 3.31. The molecule has 3 aromatic rings. The second-order valence-electron chi connectivity index (χ2n) is 6.26. The van der Waals surface area contributed by atoms with E-state index in [0.29, 0.717) is 4.88 Å². The van der Waals surface area contributed by atoms with Crippen molar-refractivity contribution in [3.05, 3.63) is 82.0 Å². The number of ether oxygens (including phenoxy) is 1. The summed E-state index contributed by atoms with van der Waals surface area (Å²) in [6, 6.07) is 18.4. The van der Waals surface area contributed by atoms with Crippen LogP contribution in [0.15, 0.2) is 66.0 Å². The number of thiophene rings is 1. The van der Waals surface area contributed by atoms with Crippen LogP contribution < -0.4 is 5.32 Å². The predicted octanol–water partition coefficient (Wildman–Crippen LogP) is 4.41. The van der Waals surface area contributed by atoms with E-state index in [2.05, 4.69) is 17.4 Å². The van der Waals surface area contributed by atoms with Crippen molar-refractivity contribution >= 4 is 23.4 Å². The van der Waals surface area contributed by atoms with Gasteiger partial charge in [0.15, 0.2) is 6.04 Å². The molecule has 4 rings (SSSR count). The SMILES string of the molecule is O=C(N[C@@H](C(=O)O)c1cccs1)OCC1c2ccccc2-c2ccccc21. The van der Waals surface area contributed by atoms with Crippen LogP contribution in [0.2, 0.25) is 0 Å². The topological polar surface area (TPSA) is 75.6 Å². The summed E-state index contributed by atoms with van der Waals surface area (Å²) in [6.07, 6.45) is -0.738. The molecular formula is C21H17NO4S. The van der Waals surface area contributed by atoms with E-state index in [-0.39, 0.29) is 12.5 Å². The zero-order valence-electron chi connectivity index (χ0n) is 14.3. The van der Waals surface area contributed by atoms with E-state index < -0.39 is 18.1 Å². The van der Waals surface area contributed by atoms with Gasteiger partial charge in [0.25, 0.3) is 0 Å². The average molecular weight is 379 g/mol. The first-order valence-corrected chi connectivity index (χ1v) is 9.41. The molecule has 0 radical (unpaired) electrons. The molecule has 136 valence electrons. The fourth-order valence-electron chi connectivity index (χ4n) is 3.47. The standard InChI is InChI=1S/C21H17NO4S/c23-20(24)19(18-10-5-11-27-18)22-21(25)26-12-17-15-8-3-1-6-13(15)14-7-2-4-9-16(14)17/h1-11,17,19H,12H2,(H,22,25)(H,23,24)/t19-/m1/s1. The molecule has 0 aliphatic heterocycles. The third-order valence-corrected chi connectivity index (χ3v) is 5.62. The Hall–Kier alpha value is -3.12. The Bertz CT molecular complexity index is 938. The van der Waals surface area contributed by atoms with Crippen molar-refractivity contribution in [1.29, 1.82) is 0 Å². The largest absolute Gasteiger partial charge is 0.479 e. The molecule has 0 bridgehead atoms. The van der Waals surface area contributed by atoms with Crippen LogP contribution >= 0.6 is 11.3 Å². The number of benzene rings is 2. The van der Waals surface area contributed by atoms with Crippen LogP contribution in [-0.4, -0.2) is 23.8 Å². The molecule has 1 aliphatic rings. The van der Waals surface area contributed by atoms with Crippen molar-refractivity contribution in [2.75, 3.05) is 6.61 Å². The van der Waals surface area contributed by atoms with E-state index in [1.54, 1.807) is 17.5 Å². The second-order valence-corrected chi connectivity index (χ2v) is 7.24. The smallest absolute Gasteiger partial charge is 0.408 e. The van der Waals surface area contributed by atoms with E-state index in [1.807, 2.05) is 36.4 Å². The molecule has 2 N–H and O–H groups in total. The first-order chi connectivity index (χ1) is 13.1. The summed E-state index contributed by atoms with van der Waals surface area (Å²) in [7, 11) is 0. The fourth-order valence-corrected chi connectivity index (χ4v) is 4.24. The number of rotatable bonds is 5. The van der Waals surface area contributed by atoms with Crippen LogP contribution in [-0.2, 0) is 9.53 Å². The lowest BCUT2D eigenvalue weighted by atomic mass is 9.98. The van der Waals surface area contributed by atoms with Crippen molar-refractivity contribution in [1.82, 2.24) is 5.32 Å². The van der Waals surface area contributed by atoms with Gasteiger partial charge < -0.3 is 15.2 Å². The minimum atomic E-state index is -1.12. The van der Waals surface area contributed by atoms with Crippen LogP contribution in [0.4, 0.5) is 4.79 Å². The van der Waals surface area contributed by atoms with Gasteiger partial charge in [0.2, 0.25) is 0 Å². The van der Waals surface area contributed by atoms with Crippen LogP contribution in [0.25, 0.3) is 11.1 Å². The molecule has 2 aromatic carbocycles. The molecule has 1 aliphatic carbocycles. The van der Waals surface area contributed by atoms with E-state index in [0.717, 1.165) is 22.3 Å². The highest BCUT2D eigenvalue weighted by molar-refractivity contribution is 7.10. The molecule has 0 saturated heterocycles. The Morgan fingerprint density at radius 2 is 1.63 bits per heavy atom. The van der Waals surface area contributed by atoms with E-state index >= 15 is 0 Å². The number of hydrogen-bond acceptors (Lipinski definition) is 4. The molecule has 0 spiro atoms. The van der Waals surface area contributed by atoms with Gasteiger partial charge in [-0.1, -0.05) is 54.6 Å². The van der Waals surface area contributed by atoms with Crippen LogP contribution in [0.3, 0.4) is 0 Å². The van der Waals surface area contributed by atoms with Gasteiger partial charge in [0.05, 0.1) is 0 Å². The second kappa shape index (κ2) is 7.25. The number of aliphatic carboxylic acids is 1. The van der Waals surface area contributed by atoms with Gasteiger partial charge >= 0.3 is 12.1 Å². The molecule has 0 unspecified atom stereocenters. The van der Waals surface area contributed by atoms with Crippen molar-refractivity contribution in [3.63, 3.8) is 0 Å². The minimum Gasteiger partial charge on any atom is -0.479 e. The summed E-state index contributed by atoms with van der Waals surface area (Å²) in [5, 5.41) is 13.6. The zero-order chi connectivity index (χ0) is 18.8. The predicted molar refractivity (Wildman–Crippen MR) is 103 cm³/mol. The van der Waals surface area contributed by atoms with Crippen molar-refractivity contribution < 1.29 is 19.4 Å². The number of amides is 1. The van der Waals surface area contributed by atoms with Crippen LogP contribution in [0.5, 0.6) is 0 Å². The van der Waals surface area contributed by atoms with Crippen LogP contribution in [0.1, 0.15) is 28.0 Å². The number of hydrogen-bond donors (Lipinski definition) is 2. The summed E-state index contributed by atoms with van der Waals surface area (Å²) in [6.45, 7) is 0.149. The lowest BCUT2D eigenvalue weighted by molar-refractivity contribution is -0.139. The van der Waals surface area contributed by atoms with Crippen molar-refractivity contribution in [2.45, 2.75) is 12.0 Å². The molecule has 1 atom stereocenters. The van der Waals surface area contributed by atoms with E-state index in [1.165, 1.54) is 11.3 Å². The quantitative estimate of drug-likeness (QED) is 0.688. The Kier molecular flexibility index (Phi) is 4.64. The number of carbonyl (C=O) groups is 2. The van der Waals surface area contributed by atoms with E-state index in [4.69, 9.17) is 4.74 Å². The monoisotopic (exact) mass is 379 g/mol. The summed E-state index contributed by atoms with van der Waals surface area (Å²) >= 11 is 1.28. The third-order valence-electron chi connectivity index (χ3n) is 4.68. The maximum atomic E-state index is 12.2. The lowest BCUT2D eigenvalue weighted by Gasteiger charge is -2.16. The number of nitrogens with one attached hydrogen (secondary N) is 1. The molecule has 6 heteroatoms. The maximum Gasteiger partial charge on any atom is 0.408 e. The normalized spacial score (nSPS) is 13.5. The molecule has 1 amide bonds. The Balaban J connectivity index is 1.49. The number of alkyl carbamates (subject to hydrolysis) is 1. The number of carboxylic acids is 1. The van der Waals surface area contributed by atoms with Gasteiger partial charge in [-0.3, -0.25) is 0 Å². The summed E-state index contributed by atoms with van der Waals surface area (Å²) in [4.78, 5) is 24.3. The summed E-state index contributed by atoms with van der Waals surface area (Å²) in [5.74, 6) is -1.18. The lowest BCUT2D eigenvalue weighted by Crippen LogP contribution is -2.34. The van der Waals surface area contributed by atoms with Gasteiger partial charge in [0, 0.05) is 10.8 Å². The van der Waals surface area contributed by atoms with Crippen molar-refractivity contribution in [3.8, 4) is 11.1 Å². The van der Waals surface area contributed by atoms with Gasteiger partial charge in [-0.25, -0.2) is 9.59 Å². The highest BCUT2D eigenvalue weighted by atomic mass is 32.1. The molecule has 1 heterocycles. The first kappa shape index (κ1) is 17.3. The Morgan fingerprint density at radius 1 is 1.00 bits per heavy atom. The summed E-state index contributed by atoms with van der Waals surface area (Å²) < 4.78 is 5.41. The molecule has 27 heavy (non-hydrogen) atoms. The number of carboxylic acid groups (broad SMARTS) is 1.